The van der Waals surface area contributed by atoms with Gasteiger partial charge in [-0.2, -0.15) is 0 Å². The molecule has 0 radical (unpaired) electrons. The predicted octanol–water partition coefficient (Wildman–Crippen LogP) is 3.34. The first kappa shape index (κ1) is 21.5. The zero-order valence-electron chi connectivity index (χ0n) is 15.5. The van der Waals surface area contributed by atoms with Gasteiger partial charge in [-0.3, -0.25) is 14.5 Å². The van der Waals surface area contributed by atoms with E-state index in [4.69, 9.17) is 26.8 Å². The Morgan fingerprint density at radius 3 is 2.63 bits per heavy atom. The summed E-state index contributed by atoms with van der Waals surface area (Å²) in [5.41, 5.74) is 0.319. The highest BCUT2D eigenvalue weighted by molar-refractivity contribution is 8.26. The second-order valence-electron chi connectivity index (χ2n) is 5.94. The molecule has 0 saturated carbocycles. The number of ether oxygens (including phenoxy) is 2. The van der Waals surface area contributed by atoms with E-state index in [1.54, 1.807) is 6.07 Å². The van der Waals surface area contributed by atoms with Gasteiger partial charge in [0.05, 0.1) is 17.6 Å². The molecule has 0 aromatic heterocycles. The second kappa shape index (κ2) is 9.06. The molecule has 2 aromatic carbocycles. The average Bonchev–Trinajstić information content (AvgIpc) is 2.96. The minimum absolute atomic E-state index is 0.0707. The maximum atomic E-state index is 13.8. The number of thioether (sulfide) groups is 1. The summed E-state index contributed by atoms with van der Waals surface area (Å²) in [4.78, 5) is 36.7. The maximum absolute atomic E-state index is 13.8. The molecule has 0 aliphatic carbocycles. The van der Waals surface area contributed by atoms with Crippen molar-refractivity contribution >= 4 is 52.2 Å². The Bertz CT molecular complexity index is 1080. The number of carboxylic acid groups (broad SMARTS) is 1. The number of benzene rings is 2. The van der Waals surface area contributed by atoms with Crippen molar-refractivity contribution in [2.24, 2.45) is 0 Å². The Morgan fingerprint density at radius 1 is 1.23 bits per heavy atom. The van der Waals surface area contributed by atoms with E-state index in [-0.39, 0.29) is 26.3 Å². The zero-order valence-corrected chi connectivity index (χ0v) is 17.1. The number of carboxylic acids is 1. The lowest BCUT2D eigenvalue weighted by atomic mass is 10.1. The van der Waals surface area contributed by atoms with Gasteiger partial charge in [0.15, 0.2) is 11.5 Å². The highest BCUT2D eigenvalue weighted by Crippen LogP contribution is 2.35. The van der Waals surface area contributed by atoms with Crippen molar-refractivity contribution in [2.75, 3.05) is 13.7 Å². The van der Waals surface area contributed by atoms with Crippen molar-refractivity contribution in [3.05, 3.63) is 64.3 Å². The van der Waals surface area contributed by atoms with Gasteiger partial charge in [-0.25, -0.2) is 9.18 Å². The quantitative estimate of drug-likeness (QED) is 0.312. The van der Waals surface area contributed by atoms with Crippen LogP contribution in [0.3, 0.4) is 0 Å². The number of halogens is 1. The minimum Gasteiger partial charge on any atom is -0.493 e. The van der Waals surface area contributed by atoms with Gasteiger partial charge in [-0.1, -0.05) is 42.2 Å². The third kappa shape index (κ3) is 4.66. The molecule has 1 heterocycles. The van der Waals surface area contributed by atoms with Crippen molar-refractivity contribution in [3.8, 4) is 11.5 Å². The van der Waals surface area contributed by atoms with Gasteiger partial charge >= 0.3 is 11.9 Å². The molecular weight excluding hydrogens is 433 g/mol. The van der Waals surface area contributed by atoms with Crippen LogP contribution >= 0.6 is 24.0 Å². The standard InChI is InChI=1S/C20H14FNO6S2/c1-27-15-8-11(9-16-18(25)22(10-17(23)24)20(29)30-16)6-7-14(15)28-19(26)12-4-2-3-5-13(12)21/h2-9H,10H2,1H3,(H,23,24)/b16-9+. The predicted molar refractivity (Wildman–Crippen MR) is 112 cm³/mol. The number of hydrogen-bond donors (Lipinski definition) is 1. The van der Waals surface area contributed by atoms with Gasteiger partial charge in [0.1, 0.15) is 16.7 Å². The number of methoxy groups -OCH3 is 1. The van der Waals surface area contributed by atoms with Crippen LogP contribution in [0.25, 0.3) is 6.08 Å². The Kier molecular flexibility index (Phi) is 6.48. The zero-order chi connectivity index (χ0) is 21.8. The van der Waals surface area contributed by atoms with E-state index in [1.165, 1.54) is 43.5 Å². The number of carbonyl (C=O) groups excluding carboxylic acids is 2. The number of amides is 1. The molecule has 3 rings (SSSR count). The molecular formula is C20H14FNO6S2. The summed E-state index contributed by atoms with van der Waals surface area (Å²) in [5, 5.41) is 8.89. The van der Waals surface area contributed by atoms with E-state index in [1.807, 2.05) is 0 Å². The number of carbonyl (C=O) groups is 3. The Labute approximate surface area is 180 Å². The molecule has 1 amide bonds. The maximum Gasteiger partial charge on any atom is 0.346 e. The number of rotatable bonds is 6. The monoisotopic (exact) mass is 447 g/mol. The van der Waals surface area contributed by atoms with Gasteiger partial charge in [0.2, 0.25) is 0 Å². The number of hydrogen-bond acceptors (Lipinski definition) is 7. The molecule has 0 bridgehead atoms. The fraction of sp³-hybridized carbons (Fsp3) is 0.100. The fourth-order valence-electron chi connectivity index (χ4n) is 2.56. The molecule has 7 nitrogen and oxygen atoms in total. The Balaban J connectivity index is 1.82. The van der Waals surface area contributed by atoms with Crippen LogP contribution in [0.5, 0.6) is 11.5 Å². The van der Waals surface area contributed by atoms with Gasteiger partial charge in [0, 0.05) is 0 Å². The number of esters is 1. The van der Waals surface area contributed by atoms with Gasteiger partial charge in [-0.15, -0.1) is 0 Å². The smallest absolute Gasteiger partial charge is 0.346 e. The summed E-state index contributed by atoms with van der Waals surface area (Å²) in [7, 11) is 1.37. The fourth-order valence-corrected chi connectivity index (χ4v) is 3.82. The molecule has 0 unspecified atom stereocenters. The van der Waals surface area contributed by atoms with E-state index in [2.05, 4.69) is 0 Å². The van der Waals surface area contributed by atoms with Gasteiger partial charge in [-0.05, 0) is 35.9 Å². The summed E-state index contributed by atoms with van der Waals surface area (Å²) in [6.45, 7) is -0.518. The van der Waals surface area contributed by atoms with Crippen molar-refractivity contribution in [1.82, 2.24) is 4.90 Å². The number of aliphatic carboxylic acids is 1. The topological polar surface area (TPSA) is 93.1 Å². The summed E-state index contributed by atoms with van der Waals surface area (Å²) in [6, 6.07) is 9.96. The Morgan fingerprint density at radius 2 is 1.97 bits per heavy atom. The molecule has 2 aromatic rings. The lowest BCUT2D eigenvalue weighted by molar-refractivity contribution is -0.140. The molecule has 1 N–H and O–H groups in total. The largest absolute Gasteiger partial charge is 0.493 e. The summed E-state index contributed by atoms with van der Waals surface area (Å²) in [6.07, 6.45) is 1.52. The van der Waals surface area contributed by atoms with Crippen LogP contribution < -0.4 is 9.47 Å². The lowest BCUT2D eigenvalue weighted by Gasteiger charge is -2.11. The van der Waals surface area contributed by atoms with Crippen molar-refractivity contribution in [2.45, 2.75) is 0 Å². The minimum atomic E-state index is -1.17. The summed E-state index contributed by atoms with van der Waals surface area (Å²) >= 11 is 6.04. The van der Waals surface area contributed by atoms with E-state index in [9.17, 15) is 18.8 Å². The van der Waals surface area contributed by atoms with Crippen molar-refractivity contribution in [3.63, 3.8) is 0 Å². The Hall–Kier alpha value is -3.24. The molecule has 0 spiro atoms. The van der Waals surface area contributed by atoms with Gasteiger partial charge < -0.3 is 14.6 Å². The van der Waals surface area contributed by atoms with Crippen LogP contribution in [-0.2, 0) is 9.59 Å². The third-order valence-corrected chi connectivity index (χ3v) is 5.33. The molecule has 1 aliphatic heterocycles. The lowest BCUT2D eigenvalue weighted by Crippen LogP contribution is -2.33. The molecule has 1 aliphatic rings. The van der Waals surface area contributed by atoms with Crippen LogP contribution in [0.1, 0.15) is 15.9 Å². The third-order valence-electron chi connectivity index (χ3n) is 3.95. The van der Waals surface area contributed by atoms with Crippen LogP contribution in [0, 0.1) is 5.82 Å². The van der Waals surface area contributed by atoms with E-state index < -0.39 is 30.2 Å². The highest BCUT2D eigenvalue weighted by atomic mass is 32.2. The SMILES string of the molecule is COc1cc(/C=C2/SC(=S)N(CC(=O)O)C2=O)ccc1OC(=O)c1ccccc1F. The van der Waals surface area contributed by atoms with E-state index in [0.717, 1.165) is 22.7 Å². The first-order valence-electron chi connectivity index (χ1n) is 8.42. The van der Waals surface area contributed by atoms with E-state index >= 15 is 0 Å². The first-order valence-corrected chi connectivity index (χ1v) is 9.64. The molecule has 154 valence electrons. The first-order chi connectivity index (χ1) is 14.3. The normalized spacial score (nSPS) is 14.9. The van der Waals surface area contributed by atoms with Crippen LogP contribution in [-0.4, -0.2) is 45.8 Å². The van der Waals surface area contributed by atoms with E-state index in [0.29, 0.717) is 5.56 Å². The molecule has 30 heavy (non-hydrogen) atoms. The summed E-state index contributed by atoms with van der Waals surface area (Å²) in [5.74, 6) is -3.01. The number of nitrogens with zero attached hydrogens (tertiary/aromatic N) is 1. The molecule has 1 fully saturated rings. The van der Waals surface area contributed by atoms with Crippen LogP contribution in [0.2, 0.25) is 0 Å². The van der Waals surface area contributed by atoms with Crippen molar-refractivity contribution < 1.29 is 33.4 Å². The summed E-state index contributed by atoms with van der Waals surface area (Å²) < 4.78 is 24.4. The van der Waals surface area contributed by atoms with Crippen molar-refractivity contribution in [1.29, 1.82) is 0 Å². The van der Waals surface area contributed by atoms with Crippen LogP contribution in [0.4, 0.5) is 4.39 Å². The number of thiocarbonyl (C=S) groups is 1. The molecule has 10 heteroatoms. The molecule has 1 saturated heterocycles. The second-order valence-corrected chi connectivity index (χ2v) is 7.62. The highest BCUT2D eigenvalue weighted by Gasteiger charge is 2.33. The van der Waals surface area contributed by atoms with Gasteiger partial charge in [0.25, 0.3) is 5.91 Å². The van der Waals surface area contributed by atoms with Crippen LogP contribution in [0.15, 0.2) is 47.4 Å². The molecule has 0 atom stereocenters. The average molecular weight is 447 g/mol.